The number of halogens is 2. The van der Waals surface area contributed by atoms with Crippen molar-refractivity contribution in [2.75, 3.05) is 0 Å². The first-order valence-electron chi connectivity index (χ1n) is 14.9. The second kappa shape index (κ2) is 13.0. The van der Waals surface area contributed by atoms with Gasteiger partial charge in [0.05, 0.1) is 0 Å². The molecule has 0 N–H and O–H groups in total. The van der Waals surface area contributed by atoms with Gasteiger partial charge in [-0.05, 0) is 0 Å². The van der Waals surface area contributed by atoms with Gasteiger partial charge < -0.3 is 24.8 Å². The third-order valence-corrected chi connectivity index (χ3v) is 23.5. The minimum Gasteiger partial charge on any atom is -1.00 e. The van der Waals surface area contributed by atoms with Crippen LogP contribution in [0.3, 0.4) is 0 Å². The molecule has 0 amide bonds. The van der Waals surface area contributed by atoms with Gasteiger partial charge in [0.25, 0.3) is 0 Å². The van der Waals surface area contributed by atoms with Crippen LogP contribution in [0.15, 0.2) is 109 Å². The topological polar surface area (TPSA) is 0 Å². The Hall–Kier alpha value is -2.28. The van der Waals surface area contributed by atoms with Gasteiger partial charge in [0.15, 0.2) is 0 Å². The van der Waals surface area contributed by atoms with Gasteiger partial charge in [-0.1, -0.05) is 26.2 Å². The molecule has 0 radical (unpaired) electrons. The summed E-state index contributed by atoms with van der Waals surface area (Å²) >= 11 is -1.19. The summed E-state index contributed by atoms with van der Waals surface area (Å²) in [6.07, 6.45) is 9.95. The summed E-state index contributed by atoms with van der Waals surface area (Å²) in [5.41, 5.74) is 6.11. The Balaban J connectivity index is 0.000000422. The van der Waals surface area contributed by atoms with Gasteiger partial charge in [-0.25, -0.2) is 0 Å². The second-order valence-corrected chi connectivity index (χ2v) is 32.6. The van der Waals surface area contributed by atoms with E-state index in [-0.39, 0.29) is 24.8 Å². The van der Waals surface area contributed by atoms with E-state index in [0.29, 0.717) is 16.4 Å². The first kappa shape index (κ1) is 32.1. The van der Waals surface area contributed by atoms with Gasteiger partial charge in [-0.2, -0.15) is 0 Å². The fraction of sp³-hybridized carbons (Fsp3) is 0.158. The van der Waals surface area contributed by atoms with Crippen LogP contribution in [0.5, 0.6) is 0 Å². The maximum absolute atomic E-state index is 2.54. The Bertz CT molecular complexity index is 1880. The molecule has 0 aliphatic heterocycles. The Morgan fingerprint density at radius 1 is 0.488 bits per heavy atom. The van der Waals surface area contributed by atoms with Crippen molar-refractivity contribution in [2.45, 2.75) is 33.5 Å². The zero-order valence-corrected chi connectivity index (χ0v) is 32.7. The van der Waals surface area contributed by atoms with Crippen LogP contribution in [0, 0.1) is 0 Å². The number of fused-ring (bicyclic) bond motifs is 12. The third kappa shape index (κ3) is 5.80. The van der Waals surface area contributed by atoms with Crippen molar-refractivity contribution >= 4 is 71.9 Å². The van der Waals surface area contributed by atoms with Crippen molar-refractivity contribution in [3.8, 4) is 0 Å². The molecule has 2 atom stereocenters. The van der Waals surface area contributed by atoms with Crippen molar-refractivity contribution in [3.63, 3.8) is 0 Å². The van der Waals surface area contributed by atoms with Crippen LogP contribution in [0.25, 0.3) is 55.2 Å². The molecule has 5 heteroatoms. The summed E-state index contributed by atoms with van der Waals surface area (Å²) in [4.78, 5) is 0. The Labute approximate surface area is 282 Å². The monoisotopic (exact) mass is 798 g/mol. The molecule has 214 valence electrons. The fourth-order valence-electron chi connectivity index (χ4n) is 6.47. The average molecular weight is 798 g/mol. The van der Waals surface area contributed by atoms with E-state index < -0.39 is 30.5 Å². The molecule has 6 aromatic carbocycles. The van der Waals surface area contributed by atoms with Gasteiger partial charge in [-0.3, -0.25) is 0 Å². The van der Waals surface area contributed by atoms with Gasteiger partial charge in [0, 0.05) is 16.6 Å². The molecule has 0 bridgehead atoms. The van der Waals surface area contributed by atoms with E-state index in [1.807, 2.05) is 0 Å². The maximum atomic E-state index is 2.54. The van der Waals surface area contributed by atoms with Crippen molar-refractivity contribution in [1.29, 1.82) is 0 Å². The molecule has 0 aromatic heterocycles. The molecule has 0 nitrogen and oxygen atoms in total. The number of benzene rings is 6. The smallest absolute Gasteiger partial charge is 0.0307 e. The molecule has 2 aliphatic rings. The van der Waals surface area contributed by atoms with Crippen molar-refractivity contribution in [1.82, 2.24) is 0 Å². The molecule has 0 fully saturated rings. The van der Waals surface area contributed by atoms with Crippen LogP contribution in [0.1, 0.15) is 29.6 Å². The molecule has 6 aromatic rings. The predicted octanol–water partition coefficient (Wildman–Crippen LogP) is 4.26. The molecule has 0 saturated heterocycles. The van der Waals surface area contributed by atoms with Crippen molar-refractivity contribution < 1.29 is 47.7 Å². The van der Waals surface area contributed by atoms with Crippen LogP contribution in [-0.4, -0.2) is 16.6 Å². The maximum Gasteiger partial charge on any atom is 0.0307 e. The minimum atomic E-state index is -1.19. The molecule has 0 heterocycles. The van der Waals surface area contributed by atoms with E-state index >= 15 is 0 Å². The second-order valence-electron chi connectivity index (χ2n) is 12.6. The third-order valence-electron chi connectivity index (χ3n) is 8.98. The molecular formula is C38H36Cl2HfSi2. The van der Waals surface area contributed by atoms with Crippen LogP contribution < -0.4 is 24.8 Å². The van der Waals surface area contributed by atoms with E-state index in [1.54, 1.807) is 11.1 Å². The minimum absolute atomic E-state index is 0. The summed E-state index contributed by atoms with van der Waals surface area (Å²) in [7, 11) is -0.101. The zero-order chi connectivity index (χ0) is 28.1. The van der Waals surface area contributed by atoms with E-state index in [0.717, 1.165) is 0 Å². The number of rotatable bonds is 3. The Morgan fingerprint density at radius 3 is 1.09 bits per heavy atom. The molecule has 43 heavy (non-hydrogen) atoms. The SMILES string of the molecule is C1=C[CH]([Hf+2][CH]2C=Cc3c2c2ccccc2c2ccccc32)c2c1c1ccccc1c1ccccc21.C[SiH2][Si](C)(C)C.[Cl-].[Cl-]. The molecule has 2 aliphatic carbocycles. The number of hydrogen-bond donors (Lipinski definition) is 0. The molecule has 8 rings (SSSR count). The van der Waals surface area contributed by atoms with E-state index in [9.17, 15) is 0 Å². The van der Waals surface area contributed by atoms with Crippen LogP contribution >= 0.6 is 0 Å². The van der Waals surface area contributed by atoms with E-state index in [2.05, 4.69) is 148 Å². The van der Waals surface area contributed by atoms with E-state index in [1.165, 1.54) is 54.2 Å². The summed E-state index contributed by atoms with van der Waals surface area (Å²) < 4.78 is 1.20. The number of allylic oxidation sites excluding steroid dienone is 2. The van der Waals surface area contributed by atoms with Gasteiger partial charge in [0.1, 0.15) is 0 Å². The summed E-state index contributed by atoms with van der Waals surface area (Å²) in [5, 5.41) is 11.3. The Kier molecular flexibility index (Phi) is 9.70. The molecular weight excluding hydrogens is 762 g/mol. The van der Waals surface area contributed by atoms with Crippen molar-refractivity contribution in [2.24, 2.45) is 0 Å². The summed E-state index contributed by atoms with van der Waals surface area (Å²) in [6, 6.07) is 36.0. The summed E-state index contributed by atoms with van der Waals surface area (Å²) in [5.74, 6) is 0. The summed E-state index contributed by atoms with van der Waals surface area (Å²) in [6.45, 7) is 9.74. The molecule has 0 spiro atoms. The van der Waals surface area contributed by atoms with Gasteiger partial charge >= 0.3 is 217 Å². The first-order valence-corrected chi connectivity index (χ1v) is 26.3. The van der Waals surface area contributed by atoms with Crippen LogP contribution in [-0.2, 0) is 22.9 Å². The largest absolute Gasteiger partial charge is 1.00 e. The first-order chi connectivity index (χ1) is 19.9. The molecule has 2 unspecified atom stereocenters. The number of hydrogen-bond acceptors (Lipinski definition) is 0. The van der Waals surface area contributed by atoms with Crippen LogP contribution in [0.2, 0.25) is 26.2 Å². The average Bonchev–Trinajstić information content (AvgIpc) is 3.63. The Morgan fingerprint density at radius 2 is 0.767 bits per heavy atom. The zero-order valence-electron chi connectivity index (χ0n) is 25.2. The molecule has 0 saturated carbocycles. The van der Waals surface area contributed by atoms with Gasteiger partial charge in [-0.15, -0.1) is 0 Å². The standard InChI is InChI=1S/2C17H11.C4H14Si2.2ClH.Hf/c2*1-3-8-14-12(6-1)13-7-2-4-9-15(13)17-11-5-10-16(14)17;1-5-6(2,3)4;;;/h2*1-11H;5H2,1-4H3;2*1H;/q;;;;;+2/p-2. The van der Waals surface area contributed by atoms with Crippen molar-refractivity contribution in [3.05, 3.63) is 131 Å². The normalized spacial score (nSPS) is 16.6. The fourth-order valence-corrected chi connectivity index (χ4v) is 12.8. The van der Waals surface area contributed by atoms with Gasteiger partial charge in [0.2, 0.25) is 0 Å². The quantitative estimate of drug-likeness (QED) is 0.186. The van der Waals surface area contributed by atoms with Crippen LogP contribution in [0.4, 0.5) is 0 Å². The van der Waals surface area contributed by atoms with E-state index in [4.69, 9.17) is 0 Å². The predicted molar refractivity (Wildman–Crippen MR) is 184 cm³/mol.